The first-order chi connectivity index (χ1) is 6.70. The second kappa shape index (κ2) is 3.62. The van der Waals surface area contributed by atoms with Crippen LogP contribution >= 0.6 is 11.6 Å². The zero-order valence-electron chi connectivity index (χ0n) is 8.09. The van der Waals surface area contributed by atoms with Gasteiger partial charge in [0.1, 0.15) is 0 Å². The summed E-state index contributed by atoms with van der Waals surface area (Å²) in [7, 11) is 0. The van der Waals surface area contributed by atoms with Gasteiger partial charge < -0.3 is 4.90 Å². The maximum absolute atomic E-state index is 11.4. The fraction of sp³-hybridized carbons (Fsp3) is 0.364. The minimum absolute atomic E-state index is 0.0686. The van der Waals surface area contributed by atoms with E-state index < -0.39 is 0 Å². The number of para-hydroxylation sites is 1. The molecular formula is C11H12ClNO. The lowest BCUT2D eigenvalue weighted by atomic mass is 10.0. The molecule has 0 N–H and O–H groups in total. The molecule has 2 nitrogen and oxygen atoms in total. The van der Waals surface area contributed by atoms with Gasteiger partial charge in [0, 0.05) is 13.5 Å². The Labute approximate surface area is 88.5 Å². The Morgan fingerprint density at radius 2 is 2.29 bits per heavy atom. The van der Waals surface area contributed by atoms with Gasteiger partial charge in [0.15, 0.2) is 0 Å². The van der Waals surface area contributed by atoms with Crippen LogP contribution in [-0.4, -0.2) is 12.5 Å². The van der Waals surface area contributed by atoms with Crippen LogP contribution in [0.15, 0.2) is 18.2 Å². The number of rotatable bonds is 0. The van der Waals surface area contributed by atoms with Crippen LogP contribution in [0, 0.1) is 0 Å². The maximum atomic E-state index is 11.4. The molecule has 0 atom stereocenters. The van der Waals surface area contributed by atoms with Crippen molar-refractivity contribution in [3.05, 3.63) is 28.8 Å². The molecule has 0 fully saturated rings. The van der Waals surface area contributed by atoms with Crippen LogP contribution in [0.4, 0.5) is 5.69 Å². The van der Waals surface area contributed by atoms with Crippen LogP contribution in [-0.2, 0) is 11.2 Å². The smallest absolute Gasteiger partial charge is 0.223 e. The standard InChI is InChI=1S/C11H12ClNO/c1-8(14)13-7-3-5-9-4-2-6-10(12)11(9)13/h2,4,6H,3,5,7H2,1H3. The normalized spacial score (nSPS) is 15.1. The number of benzene rings is 1. The third kappa shape index (κ3) is 1.50. The molecule has 0 unspecified atom stereocenters. The second-order valence-corrected chi connectivity index (χ2v) is 3.93. The highest BCUT2D eigenvalue weighted by Gasteiger charge is 2.21. The van der Waals surface area contributed by atoms with Crippen molar-refractivity contribution in [2.75, 3.05) is 11.4 Å². The third-order valence-corrected chi connectivity index (χ3v) is 2.85. The van der Waals surface area contributed by atoms with Gasteiger partial charge in [-0.2, -0.15) is 0 Å². The monoisotopic (exact) mass is 209 g/mol. The molecule has 0 saturated heterocycles. The summed E-state index contributed by atoms with van der Waals surface area (Å²) in [6, 6.07) is 5.81. The van der Waals surface area contributed by atoms with Crippen LogP contribution in [0.25, 0.3) is 0 Å². The van der Waals surface area contributed by atoms with Gasteiger partial charge in [-0.05, 0) is 24.5 Å². The molecule has 1 heterocycles. The van der Waals surface area contributed by atoms with E-state index in [-0.39, 0.29) is 5.91 Å². The first-order valence-electron chi connectivity index (χ1n) is 4.75. The highest BCUT2D eigenvalue weighted by Crippen LogP contribution is 2.33. The molecule has 1 aromatic rings. The van der Waals surface area contributed by atoms with Gasteiger partial charge in [-0.15, -0.1) is 0 Å². The van der Waals surface area contributed by atoms with E-state index >= 15 is 0 Å². The fourth-order valence-corrected chi connectivity index (χ4v) is 2.21. The number of carbonyl (C=O) groups excluding carboxylic acids is 1. The lowest BCUT2D eigenvalue weighted by Crippen LogP contribution is -2.33. The summed E-state index contributed by atoms with van der Waals surface area (Å²) in [5.74, 6) is 0.0686. The quantitative estimate of drug-likeness (QED) is 0.643. The van der Waals surface area contributed by atoms with Crippen LogP contribution in [0.5, 0.6) is 0 Å². The Hall–Kier alpha value is -1.02. The summed E-state index contributed by atoms with van der Waals surface area (Å²) in [6.07, 6.45) is 2.03. The van der Waals surface area contributed by atoms with Gasteiger partial charge in [0.2, 0.25) is 5.91 Å². The van der Waals surface area contributed by atoms with Gasteiger partial charge in [-0.1, -0.05) is 23.7 Å². The van der Waals surface area contributed by atoms with E-state index in [9.17, 15) is 4.79 Å². The third-order valence-electron chi connectivity index (χ3n) is 2.55. The van der Waals surface area contributed by atoms with Crippen molar-refractivity contribution >= 4 is 23.2 Å². The molecule has 0 bridgehead atoms. The largest absolute Gasteiger partial charge is 0.311 e. The fourth-order valence-electron chi connectivity index (χ4n) is 1.92. The molecule has 1 aromatic carbocycles. The molecule has 74 valence electrons. The first kappa shape index (κ1) is 9.53. The van der Waals surface area contributed by atoms with Crippen molar-refractivity contribution in [2.45, 2.75) is 19.8 Å². The molecule has 0 aromatic heterocycles. The zero-order valence-corrected chi connectivity index (χ0v) is 8.84. The number of aryl methyl sites for hydroxylation is 1. The van der Waals surface area contributed by atoms with Crippen LogP contribution in [0.3, 0.4) is 0 Å². The van der Waals surface area contributed by atoms with E-state index in [1.807, 2.05) is 18.2 Å². The second-order valence-electron chi connectivity index (χ2n) is 3.52. The summed E-state index contributed by atoms with van der Waals surface area (Å²) in [6.45, 7) is 2.37. The lowest BCUT2D eigenvalue weighted by molar-refractivity contribution is -0.116. The van der Waals surface area contributed by atoms with Crippen molar-refractivity contribution in [1.82, 2.24) is 0 Å². The molecule has 0 aliphatic carbocycles. The van der Waals surface area contributed by atoms with Crippen molar-refractivity contribution in [3.8, 4) is 0 Å². The highest BCUT2D eigenvalue weighted by atomic mass is 35.5. The molecule has 1 aliphatic heterocycles. The molecule has 1 amide bonds. The van der Waals surface area contributed by atoms with Gasteiger partial charge in [0.05, 0.1) is 10.7 Å². The van der Waals surface area contributed by atoms with E-state index in [0.717, 1.165) is 25.1 Å². The maximum Gasteiger partial charge on any atom is 0.223 e. The lowest BCUT2D eigenvalue weighted by Gasteiger charge is -2.29. The average molecular weight is 210 g/mol. The predicted molar refractivity (Wildman–Crippen MR) is 57.8 cm³/mol. The van der Waals surface area contributed by atoms with Crippen molar-refractivity contribution in [1.29, 1.82) is 0 Å². The molecule has 3 heteroatoms. The summed E-state index contributed by atoms with van der Waals surface area (Å²) in [4.78, 5) is 13.1. The van der Waals surface area contributed by atoms with Crippen LogP contribution in [0.2, 0.25) is 5.02 Å². The number of anilines is 1. The minimum atomic E-state index is 0.0686. The van der Waals surface area contributed by atoms with E-state index in [0.29, 0.717) is 5.02 Å². The average Bonchev–Trinajstić information content (AvgIpc) is 2.17. The predicted octanol–water partition coefficient (Wildman–Crippen LogP) is 2.64. The summed E-state index contributed by atoms with van der Waals surface area (Å²) < 4.78 is 0. The number of amides is 1. The van der Waals surface area contributed by atoms with E-state index in [2.05, 4.69) is 0 Å². The molecule has 0 spiro atoms. The number of halogens is 1. The number of nitrogens with zero attached hydrogens (tertiary/aromatic N) is 1. The minimum Gasteiger partial charge on any atom is -0.311 e. The Bertz CT molecular complexity index is 376. The van der Waals surface area contributed by atoms with Gasteiger partial charge in [-0.25, -0.2) is 0 Å². The Morgan fingerprint density at radius 1 is 1.50 bits per heavy atom. The molecular weight excluding hydrogens is 198 g/mol. The number of carbonyl (C=O) groups is 1. The van der Waals surface area contributed by atoms with Gasteiger partial charge >= 0.3 is 0 Å². The van der Waals surface area contributed by atoms with E-state index in [1.54, 1.807) is 11.8 Å². The van der Waals surface area contributed by atoms with Crippen LogP contribution in [0.1, 0.15) is 18.9 Å². The Balaban J connectivity index is 2.52. The molecule has 1 aliphatic rings. The van der Waals surface area contributed by atoms with Crippen molar-refractivity contribution in [2.24, 2.45) is 0 Å². The van der Waals surface area contributed by atoms with E-state index in [4.69, 9.17) is 11.6 Å². The highest BCUT2D eigenvalue weighted by molar-refractivity contribution is 6.34. The van der Waals surface area contributed by atoms with E-state index in [1.165, 1.54) is 5.56 Å². The zero-order chi connectivity index (χ0) is 10.1. The van der Waals surface area contributed by atoms with Crippen LogP contribution < -0.4 is 4.90 Å². The Kier molecular flexibility index (Phi) is 2.46. The molecule has 14 heavy (non-hydrogen) atoms. The molecule has 2 rings (SSSR count). The Morgan fingerprint density at radius 3 is 3.00 bits per heavy atom. The first-order valence-corrected chi connectivity index (χ1v) is 5.13. The summed E-state index contributed by atoms with van der Waals surface area (Å²) in [5.41, 5.74) is 2.09. The van der Waals surface area contributed by atoms with Gasteiger partial charge in [0.25, 0.3) is 0 Å². The number of hydrogen-bond acceptors (Lipinski definition) is 1. The molecule has 0 radical (unpaired) electrons. The van der Waals surface area contributed by atoms with Crippen molar-refractivity contribution in [3.63, 3.8) is 0 Å². The number of hydrogen-bond donors (Lipinski definition) is 0. The van der Waals surface area contributed by atoms with Crippen molar-refractivity contribution < 1.29 is 4.79 Å². The molecule has 0 saturated carbocycles. The SMILES string of the molecule is CC(=O)N1CCCc2cccc(Cl)c21. The summed E-state index contributed by atoms with van der Waals surface area (Å²) in [5, 5.41) is 0.678. The topological polar surface area (TPSA) is 20.3 Å². The summed E-state index contributed by atoms with van der Waals surface area (Å²) >= 11 is 6.09. The van der Waals surface area contributed by atoms with Gasteiger partial charge in [-0.3, -0.25) is 4.79 Å². The number of fused-ring (bicyclic) bond motifs is 1.